The highest BCUT2D eigenvalue weighted by Gasteiger charge is 2.11. The molecule has 0 aliphatic heterocycles. The molecule has 0 spiro atoms. The van der Waals surface area contributed by atoms with E-state index in [9.17, 15) is 0 Å². The minimum absolute atomic E-state index is 0.0624. The third kappa shape index (κ3) is 3.97. The van der Waals surface area contributed by atoms with E-state index < -0.39 is 0 Å². The van der Waals surface area contributed by atoms with E-state index in [1.807, 2.05) is 18.2 Å². The second kappa shape index (κ2) is 6.75. The van der Waals surface area contributed by atoms with Crippen molar-refractivity contribution in [1.82, 2.24) is 5.43 Å². The molecular formula is C16H19ClN2O. The second-order valence-corrected chi connectivity index (χ2v) is 5.35. The Morgan fingerprint density at radius 2 is 1.85 bits per heavy atom. The molecule has 0 fully saturated rings. The molecule has 3 nitrogen and oxygen atoms in total. The van der Waals surface area contributed by atoms with Crippen molar-refractivity contribution in [3.8, 4) is 5.75 Å². The molecule has 2 rings (SSSR count). The zero-order valence-electron chi connectivity index (χ0n) is 11.7. The lowest BCUT2D eigenvalue weighted by atomic mass is 10.0. The van der Waals surface area contributed by atoms with Crippen LogP contribution >= 0.6 is 11.6 Å². The fourth-order valence-corrected chi connectivity index (χ4v) is 2.37. The Bertz CT molecular complexity index is 566. The average molecular weight is 291 g/mol. The molecular weight excluding hydrogens is 272 g/mol. The summed E-state index contributed by atoms with van der Waals surface area (Å²) in [6.07, 6.45) is 0. The molecule has 0 aromatic heterocycles. The summed E-state index contributed by atoms with van der Waals surface area (Å²) in [6.45, 7) is 4.59. The number of nitrogens with one attached hydrogen (secondary N) is 1. The molecule has 0 amide bonds. The standard InChI is InChI=1S/C16H19ClN2O/c1-11-6-12(2)8-13(7-11)16(19-18)10-20-15-5-3-4-14(17)9-15/h3-9,16,19H,10,18H2,1-2H3. The van der Waals surface area contributed by atoms with Gasteiger partial charge in [-0.2, -0.15) is 0 Å². The first-order chi connectivity index (χ1) is 9.58. The number of hydrogen-bond acceptors (Lipinski definition) is 3. The van der Waals surface area contributed by atoms with Gasteiger partial charge in [0.15, 0.2) is 0 Å². The Labute approximate surface area is 124 Å². The molecule has 0 bridgehead atoms. The predicted molar refractivity (Wildman–Crippen MR) is 82.9 cm³/mol. The van der Waals surface area contributed by atoms with Crippen LogP contribution in [-0.4, -0.2) is 6.61 Å². The maximum Gasteiger partial charge on any atom is 0.120 e. The van der Waals surface area contributed by atoms with Crippen molar-refractivity contribution >= 4 is 11.6 Å². The van der Waals surface area contributed by atoms with E-state index in [1.54, 1.807) is 6.07 Å². The van der Waals surface area contributed by atoms with E-state index in [1.165, 1.54) is 11.1 Å². The van der Waals surface area contributed by atoms with Crippen LogP contribution in [0.3, 0.4) is 0 Å². The van der Waals surface area contributed by atoms with Gasteiger partial charge >= 0.3 is 0 Å². The zero-order valence-corrected chi connectivity index (χ0v) is 12.4. The molecule has 2 aromatic rings. The van der Waals surface area contributed by atoms with Crippen LogP contribution in [0.5, 0.6) is 5.75 Å². The Hall–Kier alpha value is -1.55. The maximum atomic E-state index is 5.93. The molecule has 20 heavy (non-hydrogen) atoms. The van der Waals surface area contributed by atoms with E-state index in [2.05, 4.69) is 37.5 Å². The van der Waals surface area contributed by atoms with Crippen molar-refractivity contribution in [2.24, 2.45) is 5.84 Å². The van der Waals surface area contributed by atoms with Crippen LogP contribution in [0.1, 0.15) is 22.7 Å². The summed E-state index contributed by atoms with van der Waals surface area (Å²) >= 11 is 5.93. The monoisotopic (exact) mass is 290 g/mol. The lowest BCUT2D eigenvalue weighted by Crippen LogP contribution is -2.32. The molecule has 0 aliphatic rings. The number of ether oxygens (including phenoxy) is 1. The topological polar surface area (TPSA) is 47.3 Å². The van der Waals surface area contributed by atoms with Crippen LogP contribution in [-0.2, 0) is 0 Å². The molecule has 0 radical (unpaired) electrons. The van der Waals surface area contributed by atoms with Crippen LogP contribution in [0.2, 0.25) is 5.02 Å². The number of rotatable bonds is 5. The van der Waals surface area contributed by atoms with Gasteiger partial charge in [0.05, 0.1) is 6.04 Å². The summed E-state index contributed by atoms with van der Waals surface area (Å²) in [4.78, 5) is 0. The van der Waals surface area contributed by atoms with Crippen molar-refractivity contribution in [3.05, 3.63) is 64.2 Å². The van der Waals surface area contributed by atoms with Gasteiger partial charge in [0.1, 0.15) is 12.4 Å². The first-order valence-electron chi connectivity index (χ1n) is 6.51. The van der Waals surface area contributed by atoms with Crippen molar-refractivity contribution < 1.29 is 4.74 Å². The lowest BCUT2D eigenvalue weighted by Gasteiger charge is -2.18. The first kappa shape index (κ1) is 14.9. The van der Waals surface area contributed by atoms with Crippen molar-refractivity contribution in [1.29, 1.82) is 0 Å². The number of hydrogen-bond donors (Lipinski definition) is 2. The van der Waals surface area contributed by atoms with E-state index in [-0.39, 0.29) is 6.04 Å². The summed E-state index contributed by atoms with van der Waals surface area (Å²) in [7, 11) is 0. The minimum Gasteiger partial charge on any atom is -0.492 e. The van der Waals surface area contributed by atoms with Crippen molar-refractivity contribution in [3.63, 3.8) is 0 Å². The zero-order chi connectivity index (χ0) is 14.5. The highest BCUT2D eigenvalue weighted by atomic mass is 35.5. The quantitative estimate of drug-likeness (QED) is 0.654. The summed E-state index contributed by atoms with van der Waals surface area (Å²) < 4.78 is 5.75. The molecule has 2 aromatic carbocycles. The fraction of sp³-hybridized carbons (Fsp3) is 0.250. The number of hydrazine groups is 1. The van der Waals surface area contributed by atoms with E-state index in [0.717, 1.165) is 11.3 Å². The van der Waals surface area contributed by atoms with Gasteiger partial charge in [-0.25, -0.2) is 5.43 Å². The molecule has 0 aliphatic carbocycles. The number of nitrogens with two attached hydrogens (primary N) is 1. The average Bonchev–Trinajstić information content (AvgIpc) is 2.38. The Balaban J connectivity index is 2.09. The minimum atomic E-state index is -0.0624. The predicted octanol–water partition coefficient (Wildman–Crippen LogP) is 3.54. The summed E-state index contributed by atoms with van der Waals surface area (Å²) in [5.74, 6) is 6.38. The van der Waals surface area contributed by atoms with Crippen LogP contribution in [0.25, 0.3) is 0 Å². The summed E-state index contributed by atoms with van der Waals surface area (Å²) in [6, 6.07) is 13.6. The third-order valence-corrected chi connectivity index (χ3v) is 3.30. The normalized spacial score (nSPS) is 12.2. The summed E-state index contributed by atoms with van der Waals surface area (Å²) in [5, 5.41) is 0.658. The van der Waals surface area contributed by atoms with E-state index >= 15 is 0 Å². The molecule has 3 N–H and O–H groups in total. The van der Waals surface area contributed by atoms with Gasteiger partial charge in [-0.3, -0.25) is 5.84 Å². The smallest absolute Gasteiger partial charge is 0.120 e. The van der Waals surface area contributed by atoms with E-state index in [0.29, 0.717) is 11.6 Å². The SMILES string of the molecule is Cc1cc(C)cc(C(COc2cccc(Cl)c2)NN)c1. The van der Waals surface area contributed by atoms with Gasteiger partial charge in [-0.05, 0) is 37.6 Å². The van der Waals surface area contributed by atoms with Crippen molar-refractivity contribution in [2.45, 2.75) is 19.9 Å². The molecule has 0 heterocycles. The van der Waals surface area contributed by atoms with Gasteiger partial charge in [-0.15, -0.1) is 0 Å². The van der Waals surface area contributed by atoms with Gasteiger partial charge < -0.3 is 4.74 Å². The molecule has 1 unspecified atom stereocenters. The summed E-state index contributed by atoms with van der Waals surface area (Å²) in [5.41, 5.74) is 6.34. The second-order valence-electron chi connectivity index (χ2n) is 4.91. The Morgan fingerprint density at radius 3 is 2.45 bits per heavy atom. The molecule has 0 saturated carbocycles. The first-order valence-corrected chi connectivity index (χ1v) is 6.89. The molecule has 0 saturated heterocycles. The van der Waals surface area contributed by atoms with Gasteiger partial charge in [0, 0.05) is 5.02 Å². The van der Waals surface area contributed by atoms with E-state index in [4.69, 9.17) is 22.2 Å². The molecule has 106 valence electrons. The maximum absolute atomic E-state index is 5.93. The number of benzene rings is 2. The van der Waals surface area contributed by atoms with Gasteiger partial charge in [0.25, 0.3) is 0 Å². The van der Waals surface area contributed by atoms with Gasteiger partial charge in [0.2, 0.25) is 0 Å². The van der Waals surface area contributed by atoms with Crippen LogP contribution in [0.4, 0.5) is 0 Å². The Kier molecular flexibility index (Phi) is 5.01. The molecule has 4 heteroatoms. The number of aryl methyl sites for hydroxylation is 2. The van der Waals surface area contributed by atoms with Crippen LogP contribution in [0.15, 0.2) is 42.5 Å². The fourth-order valence-electron chi connectivity index (χ4n) is 2.19. The van der Waals surface area contributed by atoms with Gasteiger partial charge in [-0.1, -0.05) is 47.0 Å². The van der Waals surface area contributed by atoms with Crippen molar-refractivity contribution in [2.75, 3.05) is 6.61 Å². The molecule has 1 atom stereocenters. The Morgan fingerprint density at radius 1 is 1.15 bits per heavy atom. The lowest BCUT2D eigenvalue weighted by molar-refractivity contribution is 0.267. The third-order valence-electron chi connectivity index (χ3n) is 3.06. The highest BCUT2D eigenvalue weighted by molar-refractivity contribution is 6.30. The highest BCUT2D eigenvalue weighted by Crippen LogP contribution is 2.21. The van der Waals surface area contributed by atoms with Crippen LogP contribution in [0, 0.1) is 13.8 Å². The number of halogens is 1. The largest absolute Gasteiger partial charge is 0.492 e. The van der Waals surface area contributed by atoms with Crippen LogP contribution < -0.4 is 16.0 Å².